The number of hydrogen-bond acceptors (Lipinski definition) is 4. The first-order chi connectivity index (χ1) is 6.58. The third kappa shape index (κ3) is 3.74. The maximum atomic E-state index is 10.8. The van der Waals surface area contributed by atoms with Gasteiger partial charge in [-0.1, -0.05) is 17.3 Å². The van der Waals surface area contributed by atoms with Crippen molar-refractivity contribution in [2.75, 3.05) is 5.75 Å². The van der Waals surface area contributed by atoms with Crippen LogP contribution in [0.15, 0.2) is 21.9 Å². The standard InChI is InChI=1S/C9H13N3OS/c1-6(2)4-7(3)11-12-9-10-8(13)5-14-9/h4H,5H2,1-3H3,(H,10,12,13)/b11-7-. The molecule has 0 aromatic rings. The van der Waals surface area contributed by atoms with E-state index < -0.39 is 0 Å². The highest BCUT2D eigenvalue weighted by atomic mass is 32.2. The summed E-state index contributed by atoms with van der Waals surface area (Å²) < 4.78 is 0. The molecule has 1 amide bonds. The van der Waals surface area contributed by atoms with Crippen LogP contribution >= 0.6 is 11.8 Å². The molecule has 0 spiro atoms. The molecule has 4 nitrogen and oxygen atoms in total. The van der Waals surface area contributed by atoms with Gasteiger partial charge in [-0.05, 0) is 26.8 Å². The first kappa shape index (κ1) is 11.0. The van der Waals surface area contributed by atoms with E-state index in [0.29, 0.717) is 10.9 Å². The van der Waals surface area contributed by atoms with Gasteiger partial charge in [0.15, 0.2) is 5.17 Å². The SMILES string of the molecule is CC(C)=C/C(C)=N\N=C1/NC(=O)CS1. The van der Waals surface area contributed by atoms with Gasteiger partial charge in [0.1, 0.15) is 0 Å². The molecule has 0 unspecified atom stereocenters. The van der Waals surface area contributed by atoms with Crippen LogP contribution in [-0.4, -0.2) is 22.5 Å². The van der Waals surface area contributed by atoms with E-state index in [1.165, 1.54) is 17.3 Å². The fourth-order valence-corrected chi connectivity index (χ4v) is 1.57. The quantitative estimate of drug-likeness (QED) is 0.556. The minimum Gasteiger partial charge on any atom is -0.303 e. The summed E-state index contributed by atoms with van der Waals surface area (Å²) in [5.74, 6) is 0.430. The second-order valence-corrected chi connectivity index (χ2v) is 4.17. The van der Waals surface area contributed by atoms with Crippen LogP contribution in [-0.2, 0) is 4.79 Å². The zero-order valence-corrected chi connectivity index (χ0v) is 9.31. The van der Waals surface area contributed by atoms with E-state index in [2.05, 4.69) is 15.5 Å². The maximum Gasteiger partial charge on any atom is 0.236 e. The average molecular weight is 211 g/mol. The minimum absolute atomic E-state index is 0.0104. The van der Waals surface area contributed by atoms with Crippen LogP contribution in [0.5, 0.6) is 0 Å². The van der Waals surface area contributed by atoms with Gasteiger partial charge < -0.3 is 5.32 Å². The van der Waals surface area contributed by atoms with Crippen LogP contribution in [0.25, 0.3) is 0 Å². The summed E-state index contributed by atoms with van der Waals surface area (Å²) in [4.78, 5) is 10.8. The van der Waals surface area contributed by atoms with Crippen molar-refractivity contribution in [1.29, 1.82) is 0 Å². The molecule has 1 fully saturated rings. The van der Waals surface area contributed by atoms with E-state index in [9.17, 15) is 4.79 Å². The minimum atomic E-state index is -0.0104. The Morgan fingerprint density at radius 1 is 1.50 bits per heavy atom. The maximum absolute atomic E-state index is 10.8. The Bertz CT molecular complexity index is 327. The Kier molecular flexibility index (Phi) is 3.88. The number of carbonyl (C=O) groups is 1. The van der Waals surface area contributed by atoms with Crippen molar-refractivity contribution in [2.45, 2.75) is 20.8 Å². The third-order valence-electron chi connectivity index (χ3n) is 1.38. The second kappa shape index (κ2) is 4.95. The first-order valence-electron chi connectivity index (χ1n) is 4.28. The number of hydrogen-bond donors (Lipinski definition) is 1. The van der Waals surface area contributed by atoms with Crippen LogP contribution in [0.4, 0.5) is 0 Å². The molecule has 1 N–H and O–H groups in total. The molecule has 1 aliphatic rings. The van der Waals surface area contributed by atoms with E-state index in [1.54, 1.807) is 0 Å². The lowest BCUT2D eigenvalue weighted by Gasteiger charge is -1.92. The Balaban J connectivity index is 2.61. The van der Waals surface area contributed by atoms with Gasteiger partial charge in [-0.3, -0.25) is 4.79 Å². The summed E-state index contributed by atoms with van der Waals surface area (Å²) >= 11 is 1.37. The molecule has 0 aromatic carbocycles. The molecule has 5 heteroatoms. The van der Waals surface area contributed by atoms with Gasteiger partial charge in [-0.15, -0.1) is 5.10 Å². The van der Waals surface area contributed by atoms with Crippen molar-refractivity contribution in [3.8, 4) is 0 Å². The van der Waals surface area contributed by atoms with Crippen molar-refractivity contribution >= 4 is 28.5 Å². The van der Waals surface area contributed by atoms with E-state index in [-0.39, 0.29) is 5.91 Å². The molecule has 0 atom stereocenters. The molecule has 1 rings (SSSR count). The van der Waals surface area contributed by atoms with Crippen LogP contribution < -0.4 is 5.32 Å². The summed E-state index contributed by atoms with van der Waals surface area (Å²) in [6.07, 6.45) is 1.94. The Morgan fingerprint density at radius 2 is 2.21 bits per heavy atom. The molecule has 0 aliphatic carbocycles. The van der Waals surface area contributed by atoms with Gasteiger partial charge in [0.2, 0.25) is 5.91 Å². The number of rotatable bonds is 2. The van der Waals surface area contributed by atoms with Crippen molar-refractivity contribution in [1.82, 2.24) is 5.32 Å². The molecule has 1 heterocycles. The molecule has 14 heavy (non-hydrogen) atoms. The summed E-state index contributed by atoms with van der Waals surface area (Å²) in [5.41, 5.74) is 2.01. The summed E-state index contributed by atoms with van der Waals surface area (Å²) in [6, 6.07) is 0. The topological polar surface area (TPSA) is 53.8 Å². The molecular formula is C9H13N3OS. The van der Waals surface area contributed by atoms with E-state index in [0.717, 1.165) is 5.71 Å². The van der Waals surface area contributed by atoms with E-state index >= 15 is 0 Å². The van der Waals surface area contributed by atoms with Crippen molar-refractivity contribution < 1.29 is 4.79 Å². The number of amidine groups is 1. The Labute approximate surface area is 87.6 Å². The number of thioether (sulfide) groups is 1. The second-order valence-electron chi connectivity index (χ2n) is 3.21. The number of carbonyl (C=O) groups excluding carboxylic acids is 1. The molecule has 1 aliphatic heterocycles. The fraction of sp³-hybridized carbons (Fsp3) is 0.444. The lowest BCUT2D eigenvalue weighted by atomic mass is 10.3. The monoisotopic (exact) mass is 211 g/mol. The van der Waals surface area contributed by atoms with Crippen LogP contribution in [0.2, 0.25) is 0 Å². The highest BCUT2D eigenvalue weighted by Gasteiger charge is 2.15. The zero-order valence-electron chi connectivity index (χ0n) is 8.50. The predicted molar refractivity (Wildman–Crippen MR) is 60.6 cm³/mol. The van der Waals surface area contributed by atoms with Crippen molar-refractivity contribution in [3.05, 3.63) is 11.6 Å². The third-order valence-corrected chi connectivity index (χ3v) is 2.25. The first-order valence-corrected chi connectivity index (χ1v) is 5.26. The molecule has 1 saturated heterocycles. The largest absolute Gasteiger partial charge is 0.303 e. The summed E-state index contributed by atoms with van der Waals surface area (Å²) in [5, 5.41) is 11.1. The van der Waals surface area contributed by atoms with Crippen molar-refractivity contribution in [2.24, 2.45) is 10.2 Å². The van der Waals surface area contributed by atoms with Gasteiger partial charge in [0, 0.05) is 0 Å². The summed E-state index contributed by atoms with van der Waals surface area (Å²) in [7, 11) is 0. The van der Waals surface area contributed by atoms with Crippen molar-refractivity contribution in [3.63, 3.8) is 0 Å². The van der Waals surface area contributed by atoms with Gasteiger partial charge in [0.05, 0.1) is 11.5 Å². The molecule has 76 valence electrons. The average Bonchev–Trinajstić information content (AvgIpc) is 2.47. The number of nitrogens with one attached hydrogen (secondary N) is 1. The van der Waals surface area contributed by atoms with E-state index in [4.69, 9.17) is 0 Å². The normalized spacial score (nSPS) is 19.8. The lowest BCUT2D eigenvalue weighted by Crippen LogP contribution is -2.19. The van der Waals surface area contributed by atoms with Crippen LogP contribution in [0.3, 0.4) is 0 Å². The molecule has 0 saturated carbocycles. The summed E-state index contributed by atoms with van der Waals surface area (Å²) in [6.45, 7) is 5.87. The molecule has 0 radical (unpaired) electrons. The highest BCUT2D eigenvalue weighted by Crippen LogP contribution is 2.08. The zero-order chi connectivity index (χ0) is 10.6. The highest BCUT2D eigenvalue weighted by molar-refractivity contribution is 8.15. The molecule has 0 aromatic heterocycles. The van der Waals surface area contributed by atoms with E-state index in [1.807, 2.05) is 26.8 Å². The Hall–Kier alpha value is -1.10. The number of nitrogens with zero attached hydrogens (tertiary/aromatic N) is 2. The van der Waals surface area contributed by atoms with Gasteiger partial charge in [0.25, 0.3) is 0 Å². The van der Waals surface area contributed by atoms with Gasteiger partial charge in [-0.25, -0.2) is 0 Å². The number of allylic oxidation sites excluding steroid dienone is 2. The van der Waals surface area contributed by atoms with Crippen LogP contribution in [0.1, 0.15) is 20.8 Å². The molecule has 0 bridgehead atoms. The molecular weight excluding hydrogens is 198 g/mol. The smallest absolute Gasteiger partial charge is 0.236 e. The van der Waals surface area contributed by atoms with Gasteiger partial charge in [-0.2, -0.15) is 5.10 Å². The Morgan fingerprint density at radius 3 is 2.71 bits per heavy atom. The van der Waals surface area contributed by atoms with Crippen LogP contribution in [0, 0.1) is 0 Å². The predicted octanol–water partition coefficient (Wildman–Crippen LogP) is 1.55. The lowest BCUT2D eigenvalue weighted by molar-refractivity contribution is -0.116. The van der Waals surface area contributed by atoms with Gasteiger partial charge >= 0.3 is 0 Å². The fourth-order valence-electron chi connectivity index (χ4n) is 0.950. The number of amides is 1.